The van der Waals surface area contributed by atoms with Crippen molar-refractivity contribution in [1.82, 2.24) is 5.32 Å². The molecule has 5 heteroatoms. The quantitative estimate of drug-likeness (QED) is 0.612. The summed E-state index contributed by atoms with van der Waals surface area (Å²) in [5.41, 5.74) is 0. The maximum atomic E-state index is 4.90. The molecule has 0 radical (unpaired) electrons. The molecule has 1 N–H and O–H groups in total. The second-order valence-electron chi connectivity index (χ2n) is 1.25. The first-order valence-corrected chi connectivity index (χ1v) is 4.11. The van der Waals surface area contributed by atoms with Gasteiger partial charge in [0.15, 0.2) is 0 Å². The number of thioether (sulfide) groups is 1. The Morgan fingerprint density at radius 3 is 2.30 bits per heavy atom. The summed E-state index contributed by atoms with van der Waals surface area (Å²) in [6.07, 6.45) is 0. The molecule has 0 aromatic rings. The summed E-state index contributed by atoms with van der Waals surface area (Å²) in [5.74, 6) is 1.06. The van der Waals surface area contributed by atoms with E-state index in [4.69, 9.17) is 12.2 Å². The van der Waals surface area contributed by atoms with Crippen LogP contribution in [0, 0.1) is 0 Å². The second-order valence-corrected chi connectivity index (χ2v) is 3.19. The minimum absolute atomic E-state index is 0. The summed E-state index contributed by atoms with van der Waals surface area (Å²) in [6, 6.07) is 0. The van der Waals surface area contributed by atoms with Gasteiger partial charge in [0.2, 0.25) is 0 Å². The van der Waals surface area contributed by atoms with E-state index in [1.807, 2.05) is 6.92 Å². The summed E-state index contributed by atoms with van der Waals surface area (Å²) < 4.78 is 0.912. The SMILES string of the molecule is CCNC(=S)SCC.[Cd].[Zn]. The molecule has 0 amide bonds. The summed E-state index contributed by atoms with van der Waals surface area (Å²) in [7, 11) is 0. The van der Waals surface area contributed by atoms with Crippen LogP contribution in [0.1, 0.15) is 13.8 Å². The van der Waals surface area contributed by atoms with Crippen molar-refractivity contribution >= 4 is 28.3 Å². The van der Waals surface area contributed by atoms with Crippen molar-refractivity contribution in [3.8, 4) is 0 Å². The Morgan fingerprint density at radius 2 is 2.00 bits per heavy atom. The molecule has 0 aromatic carbocycles. The number of thiocarbonyl (C=S) groups is 1. The van der Waals surface area contributed by atoms with Gasteiger partial charge < -0.3 is 5.32 Å². The first-order chi connectivity index (χ1) is 3.81. The Hall–Kier alpha value is 1.79. The van der Waals surface area contributed by atoms with Crippen molar-refractivity contribution in [2.75, 3.05) is 12.3 Å². The van der Waals surface area contributed by atoms with Crippen LogP contribution in [0.15, 0.2) is 0 Å². The summed E-state index contributed by atoms with van der Waals surface area (Å²) in [4.78, 5) is 0. The molecule has 0 aliphatic heterocycles. The Bertz CT molecular complexity index is 74.0. The molecule has 0 saturated heterocycles. The molecule has 0 bridgehead atoms. The van der Waals surface area contributed by atoms with Crippen LogP contribution in [-0.2, 0) is 46.8 Å². The molecule has 0 aromatic heterocycles. The predicted molar refractivity (Wildman–Crippen MR) is 44.4 cm³/mol. The smallest absolute Gasteiger partial charge is 0.133 e. The van der Waals surface area contributed by atoms with Crippen molar-refractivity contribution in [2.24, 2.45) is 0 Å². The molecule has 0 fully saturated rings. The van der Waals surface area contributed by atoms with Gasteiger partial charge in [-0.15, -0.1) is 0 Å². The Kier molecular flexibility index (Phi) is 23.8. The van der Waals surface area contributed by atoms with Crippen LogP contribution in [0.3, 0.4) is 0 Å². The Labute approximate surface area is 105 Å². The molecule has 10 heavy (non-hydrogen) atoms. The monoisotopic (exact) mass is 327 g/mol. The van der Waals surface area contributed by atoms with E-state index in [9.17, 15) is 0 Å². The predicted octanol–water partition coefficient (Wildman–Crippen LogP) is 1.63. The fraction of sp³-hybridized carbons (Fsp3) is 0.800. The van der Waals surface area contributed by atoms with E-state index in [2.05, 4.69) is 12.2 Å². The van der Waals surface area contributed by atoms with Gasteiger partial charge in [-0.3, -0.25) is 0 Å². The average molecular weight is 327 g/mol. The molecular weight excluding hydrogens is 316 g/mol. The Balaban J connectivity index is -0.000000245. The van der Waals surface area contributed by atoms with E-state index in [1.165, 1.54) is 0 Å². The van der Waals surface area contributed by atoms with Gasteiger partial charge >= 0.3 is 0 Å². The van der Waals surface area contributed by atoms with Crippen LogP contribution in [-0.4, -0.2) is 16.6 Å². The van der Waals surface area contributed by atoms with E-state index >= 15 is 0 Å². The number of hydrogen-bond donors (Lipinski definition) is 1. The van der Waals surface area contributed by atoms with Crippen LogP contribution in [0.25, 0.3) is 0 Å². The first kappa shape index (κ1) is 17.8. The zero-order chi connectivity index (χ0) is 6.41. The molecule has 0 rings (SSSR count). The van der Waals surface area contributed by atoms with Crippen molar-refractivity contribution in [2.45, 2.75) is 13.8 Å². The summed E-state index contributed by atoms with van der Waals surface area (Å²) in [6.45, 7) is 5.07. The third-order valence-corrected chi connectivity index (χ3v) is 1.79. The molecule has 52 valence electrons. The molecule has 1 nitrogen and oxygen atoms in total. The van der Waals surface area contributed by atoms with Crippen LogP contribution >= 0.6 is 24.0 Å². The van der Waals surface area contributed by atoms with E-state index < -0.39 is 0 Å². The minimum Gasteiger partial charge on any atom is -0.371 e. The first-order valence-electron chi connectivity index (χ1n) is 2.71. The fourth-order valence-electron chi connectivity index (χ4n) is 0.326. The fourth-order valence-corrected chi connectivity index (χ4v) is 1.33. The third-order valence-electron chi connectivity index (χ3n) is 0.597. The minimum atomic E-state index is 0. The normalized spacial score (nSPS) is 7.00. The zero-order valence-electron chi connectivity index (χ0n) is 6.64. The summed E-state index contributed by atoms with van der Waals surface area (Å²) in [5, 5.41) is 3.04. The third kappa shape index (κ3) is 12.5. The number of rotatable bonds is 2. The Morgan fingerprint density at radius 1 is 1.50 bits per heavy atom. The van der Waals surface area contributed by atoms with Crippen LogP contribution in [0.2, 0.25) is 0 Å². The maximum absolute atomic E-state index is 4.90. The number of nitrogens with one attached hydrogen (secondary N) is 1. The topological polar surface area (TPSA) is 12.0 Å². The molecule has 0 unspecified atom stereocenters. The molecule has 0 heterocycles. The second kappa shape index (κ2) is 13.4. The van der Waals surface area contributed by atoms with Crippen molar-refractivity contribution < 1.29 is 46.8 Å². The van der Waals surface area contributed by atoms with E-state index in [1.54, 1.807) is 11.8 Å². The van der Waals surface area contributed by atoms with Gasteiger partial charge in [-0.2, -0.15) is 0 Å². The van der Waals surface area contributed by atoms with Gasteiger partial charge in [-0.05, 0) is 12.7 Å². The molecule has 0 aliphatic rings. The van der Waals surface area contributed by atoms with Crippen molar-refractivity contribution in [3.05, 3.63) is 0 Å². The van der Waals surface area contributed by atoms with Gasteiger partial charge in [0, 0.05) is 53.3 Å². The van der Waals surface area contributed by atoms with Crippen LogP contribution < -0.4 is 5.32 Å². The van der Waals surface area contributed by atoms with Gasteiger partial charge in [-0.25, -0.2) is 0 Å². The maximum Gasteiger partial charge on any atom is 0.133 e. The van der Waals surface area contributed by atoms with E-state index in [0.717, 1.165) is 16.6 Å². The van der Waals surface area contributed by atoms with Crippen LogP contribution in [0.5, 0.6) is 0 Å². The number of hydrogen-bond acceptors (Lipinski definition) is 2. The molecular formula is C5H11CdNS2Zn. The van der Waals surface area contributed by atoms with Gasteiger partial charge in [0.05, 0.1) is 0 Å². The zero-order valence-corrected chi connectivity index (χ0v) is 15.3. The van der Waals surface area contributed by atoms with Gasteiger partial charge in [0.25, 0.3) is 0 Å². The standard InChI is InChI=1S/C5H11NS2.Cd.Zn/c1-3-6-5(7)8-4-2;;/h3-4H2,1-2H3,(H,6,7);;. The van der Waals surface area contributed by atoms with Crippen molar-refractivity contribution in [1.29, 1.82) is 0 Å². The van der Waals surface area contributed by atoms with Crippen LogP contribution in [0.4, 0.5) is 0 Å². The van der Waals surface area contributed by atoms with Gasteiger partial charge in [0.1, 0.15) is 4.32 Å². The molecule has 0 spiro atoms. The van der Waals surface area contributed by atoms with E-state index in [-0.39, 0.29) is 46.8 Å². The molecule has 0 saturated carbocycles. The molecule has 0 aliphatic carbocycles. The largest absolute Gasteiger partial charge is 0.371 e. The van der Waals surface area contributed by atoms with Gasteiger partial charge in [-0.1, -0.05) is 30.9 Å². The van der Waals surface area contributed by atoms with Crippen molar-refractivity contribution in [3.63, 3.8) is 0 Å². The average Bonchev–Trinajstić information content (AvgIpc) is 1.68. The molecule has 0 atom stereocenters. The van der Waals surface area contributed by atoms with E-state index in [0.29, 0.717) is 0 Å². The summed E-state index contributed by atoms with van der Waals surface area (Å²) >= 11 is 6.58.